The smallest absolute Gasteiger partial charge is 0.250 e. The predicted molar refractivity (Wildman–Crippen MR) is 103 cm³/mol. The summed E-state index contributed by atoms with van der Waals surface area (Å²) in [7, 11) is 0. The van der Waals surface area contributed by atoms with Gasteiger partial charge in [0.05, 0.1) is 17.7 Å². The molecule has 0 bridgehead atoms. The maximum absolute atomic E-state index is 11.8. The van der Waals surface area contributed by atoms with Crippen LogP contribution >= 0.6 is 46.0 Å². The molecule has 0 spiro atoms. The lowest BCUT2D eigenvalue weighted by molar-refractivity contribution is -0.118. The number of thiazole rings is 1. The average molecular weight is 394 g/mol. The monoisotopic (exact) mass is 393 g/mol. The van der Waals surface area contributed by atoms with Gasteiger partial charge in [-0.2, -0.15) is 5.10 Å². The fraction of sp³-hybridized carbons (Fsp3) is 0.0625. The number of nitrogens with zero attached hydrogens (tertiary/aromatic N) is 2. The van der Waals surface area contributed by atoms with Gasteiger partial charge in [0.2, 0.25) is 0 Å². The number of thiophene rings is 1. The lowest BCUT2D eigenvalue weighted by Gasteiger charge is -1.98. The third kappa shape index (κ3) is 4.91. The zero-order valence-electron chi connectivity index (χ0n) is 12.3. The summed E-state index contributed by atoms with van der Waals surface area (Å²) in [5, 5.41) is 8.56. The van der Waals surface area contributed by atoms with Gasteiger partial charge in [0.25, 0.3) is 5.91 Å². The van der Waals surface area contributed by atoms with Gasteiger partial charge >= 0.3 is 0 Å². The molecule has 2 aromatic heterocycles. The van der Waals surface area contributed by atoms with Crippen LogP contribution < -0.4 is 5.43 Å². The van der Waals surface area contributed by atoms with Crippen LogP contribution in [0.1, 0.15) is 4.88 Å². The van der Waals surface area contributed by atoms with E-state index in [1.807, 2.05) is 47.2 Å². The standard InChI is InChI=1S/C16H12ClN3OS3/c17-12-5-3-11(4-6-12)14-9-23-16(19-14)24-10-15(21)20-18-8-13-2-1-7-22-13/h1-9H,10H2,(H,20,21)/b18-8+. The summed E-state index contributed by atoms with van der Waals surface area (Å²) >= 11 is 10.4. The van der Waals surface area contributed by atoms with Gasteiger partial charge in [0.15, 0.2) is 4.34 Å². The van der Waals surface area contributed by atoms with Crippen molar-refractivity contribution < 1.29 is 4.79 Å². The van der Waals surface area contributed by atoms with Crippen LogP contribution in [0.25, 0.3) is 11.3 Å². The molecule has 0 aliphatic heterocycles. The molecule has 0 saturated heterocycles. The first-order chi connectivity index (χ1) is 11.7. The number of carbonyl (C=O) groups excluding carboxylic acids is 1. The van der Waals surface area contributed by atoms with Crippen molar-refractivity contribution in [3.05, 3.63) is 57.1 Å². The van der Waals surface area contributed by atoms with Crippen molar-refractivity contribution in [2.75, 3.05) is 5.75 Å². The van der Waals surface area contributed by atoms with Crippen molar-refractivity contribution >= 4 is 58.2 Å². The van der Waals surface area contributed by atoms with Crippen molar-refractivity contribution in [1.82, 2.24) is 10.4 Å². The summed E-state index contributed by atoms with van der Waals surface area (Å²) < 4.78 is 0.845. The molecular formula is C16H12ClN3OS3. The number of nitrogens with one attached hydrogen (secondary N) is 1. The number of rotatable bonds is 6. The number of aromatic nitrogens is 1. The number of benzene rings is 1. The number of hydrogen-bond donors (Lipinski definition) is 1. The number of amides is 1. The van der Waals surface area contributed by atoms with Gasteiger partial charge in [-0.05, 0) is 23.6 Å². The SMILES string of the molecule is O=C(CSc1nc(-c2ccc(Cl)cc2)cs1)N/N=C/c1cccs1. The first-order valence-corrected chi connectivity index (χ1v) is 10.0. The Labute approximate surface area is 156 Å². The first kappa shape index (κ1) is 17.2. The summed E-state index contributed by atoms with van der Waals surface area (Å²) in [6.07, 6.45) is 1.63. The fourth-order valence-corrected chi connectivity index (χ4v) is 4.11. The fourth-order valence-electron chi connectivity index (χ4n) is 1.77. The van der Waals surface area contributed by atoms with Gasteiger partial charge < -0.3 is 0 Å². The number of thioether (sulfide) groups is 1. The van der Waals surface area contributed by atoms with E-state index in [0.29, 0.717) is 5.02 Å². The zero-order chi connectivity index (χ0) is 16.8. The van der Waals surface area contributed by atoms with Gasteiger partial charge in [-0.15, -0.1) is 22.7 Å². The summed E-state index contributed by atoms with van der Waals surface area (Å²) in [5.41, 5.74) is 4.41. The molecule has 0 radical (unpaired) electrons. The van der Waals surface area contributed by atoms with Crippen LogP contribution in [0.3, 0.4) is 0 Å². The van der Waals surface area contributed by atoms with E-state index >= 15 is 0 Å². The molecular weight excluding hydrogens is 382 g/mol. The normalized spacial score (nSPS) is 11.0. The highest BCUT2D eigenvalue weighted by Gasteiger charge is 2.07. The molecule has 3 aromatic rings. The van der Waals surface area contributed by atoms with Crippen LogP contribution in [0.5, 0.6) is 0 Å². The second-order valence-electron chi connectivity index (χ2n) is 4.60. The Morgan fingerprint density at radius 3 is 2.88 bits per heavy atom. The lowest BCUT2D eigenvalue weighted by atomic mass is 10.2. The van der Waals surface area contributed by atoms with E-state index in [9.17, 15) is 4.79 Å². The molecule has 0 saturated carbocycles. The van der Waals surface area contributed by atoms with Crippen LogP contribution in [0.15, 0.2) is 56.6 Å². The van der Waals surface area contributed by atoms with Gasteiger partial charge in [-0.1, -0.05) is 41.6 Å². The van der Waals surface area contributed by atoms with Crippen LogP contribution in [0.4, 0.5) is 0 Å². The van der Waals surface area contributed by atoms with Crippen LogP contribution in [-0.4, -0.2) is 22.9 Å². The Kier molecular flexibility index (Phi) is 6.03. The Bertz CT molecular complexity index is 829. The molecule has 3 rings (SSSR count). The van der Waals surface area contributed by atoms with Crippen LogP contribution in [0.2, 0.25) is 5.02 Å². The Morgan fingerprint density at radius 2 is 2.12 bits per heavy atom. The van der Waals surface area contributed by atoms with Crippen LogP contribution in [-0.2, 0) is 4.79 Å². The van der Waals surface area contributed by atoms with Crippen molar-refractivity contribution in [2.24, 2.45) is 5.10 Å². The third-order valence-corrected chi connectivity index (χ3v) is 5.95. The largest absolute Gasteiger partial charge is 0.272 e. The topological polar surface area (TPSA) is 54.4 Å². The maximum atomic E-state index is 11.8. The molecule has 1 amide bonds. The highest BCUT2D eigenvalue weighted by Crippen LogP contribution is 2.28. The Morgan fingerprint density at radius 1 is 1.29 bits per heavy atom. The van der Waals surface area contributed by atoms with Gasteiger partial charge in [0.1, 0.15) is 0 Å². The molecule has 0 aliphatic rings. The van der Waals surface area contributed by atoms with Crippen molar-refractivity contribution in [3.63, 3.8) is 0 Å². The second-order valence-corrected chi connectivity index (χ2v) is 8.10. The molecule has 4 nitrogen and oxygen atoms in total. The van der Waals surface area contributed by atoms with Crippen molar-refractivity contribution in [3.8, 4) is 11.3 Å². The van der Waals surface area contributed by atoms with Crippen molar-refractivity contribution in [1.29, 1.82) is 0 Å². The summed E-state index contributed by atoms with van der Waals surface area (Å²) in [5.74, 6) is 0.117. The molecule has 0 aliphatic carbocycles. The van der Waals surface area contributed by atoms with E-state index in [-0.39, 0.29) is 11.7 Å². The Balaban J connectivity index is 1.50. The molecule has 8 heteroatoms. The number of hydrazone groups is 1. The van der Waals surface area contributed by atoms with Gasteiger partial charge in [-0.3, -0.25) is 4.79 Å². The van der Waals surface area contributed by atoms with Crippen LogP contribution in [0, 0.1) is 0 Å². The molecule has 0 fully saturated rings. The molecule has 1 aromatic carbocycles. The van der Waals surface area contributed by atoms with E-state index in [0.717, 1.165) is 20.5 Å². The van der Waals surface area contributed by atoms with Gasteiger partial charge in [-0.25, -0.2) is 10.4 Å². The minimum absolute atomic E-state index is 0.156. The third-order valence-electron chi connectivity index (χ3n) is 2.87. The summed E-state index contributed by atoms with van der Waals surface area (Å²) in [6, 6.07) is 11.4. The second kappa shape index (κ2) is 8.43. The van der Waals surface area contributed by atoms with E-state index in [1.165, 1.54) is 23.1 Å². The quantitative estimate of drug-likeness (QED) is 0.373. The van der Waals surface area contributed by atoms with Crippen molar-refractivity contribution in [2.45, 2.75) is 4.34 Å². The molecule has 1 N–H and O–H groups in total. The number of hydrogen-bond acceptors (Lipinski definition) is 6. The number of halogens is 1. The average Bonchev–Trinajstić information content (AvgIpc) is 3.25. The Hall–Kier alpha value is -1.67. The minimum atomic E-state index is -0.156. The molecule has 0 unspecified atom stereocenters. The highest BCUT2D eigenvalue weighted by molar-refractivity contribution is 8.01. The predicted octanol–water partition coefficient (Wildman–Crippen LogP) is 4.77. The lowest BCUT2D eigenvalue weighted by Crippen LogP contribution is -2.19. The molecule has 24 heavy (non-hydrogen) atoms. The van der Waals surface area contributed by atoms with E-state index in [1.54, 1.807) is 17.6 Å². The molecule has 122 valence electrons. The maximum Gasteiger partial charge on any atom is 0.250 e. The zero-order valence-corrected chi connectivity index (χ0v) is 15.5. The van der Waals surface area contributed by atoms with E-state index < -0.39 is 0 Å². The van der Waals surface area contributed by atoms with E-state index in [2.05, 4.69) is 15.5 Å². The van der Waals surface area contributed by atoms with E-state index in [4.69, 9.17) is 11.6 Å². The van der Waals surface area contributed by atoms with Gasteiger partial charge in [0, 0.05) is 20.8 Å². The summed E-state index contributed by atoms with van der Waals surface area (Å²) in [6.45, 7) is 0. The summed E-state index contributed by atoms with van der Waals surface area (Å²) in [4.78, 5) is 17.3. The number of carbonyl (C=O) groups is 1. The first-order valence-electron chi connectivity index (χ1n) is 6.90. The molecule has 2 heterocycles. The molecule has 0 atom stereocenters. The minimum Gasteiger partial charge on any atom is -0.272 e. The highest BCUT2D eigenvalue weighted by atomic mass is 35.5.